The van der Waals surface area contributed by atoms with Gasteiger partial charge in [0, 0.05) is 6.42 Å². The molecule has 0 fully saturated rings. The summed E-state index contributed by atoms with van der Waals surface area (Å²) in [7, 11) is 0. The van der Waals surface area contributed by atoms with Crippen LogP contribution >= 0.6 is 0 Å². The Kier molecular flexibility index (Phi) is 9.50. The van der Waals surface area contributed by atoms with Crippen LogP contribution in [0.3, 0.4) is 0 Å². The topological polar surface area (TPSA) is 35.5 Å². The zero-order valence-electron chi connectivity index (χ0n) is 22.8. The lowest BCUT2D eigenvalue weighted by atomic mass is 9.89. The predicted molar refractivity (Wildman–Crippen MR) is 150 cm³/mol. The lowest BCUT2D eigenvalue weighted by Gasteiger charge is -2.29. The molecule has 0 bridgehead atoms. The summed E-state index contributed by atoms with van der Waals surface area (Å²) in [6.45, 7) is 12.8. The molecule has 0 saturated carbocycles. The molecule has 3 aromatic rings. The Morgan fingerprint density at radius 1 is 0.778 bits per heavy atom. The van der Waals surface area contributed by atoms with Crippen molar-refractivity contribution in [3.63, 3.8) is 0 Å². The van der Waals surface area contributed by atoms with E-state index in [1.807, 2.05) is 20.8 Å². The van der Waals surface area contributed by atoms with Crippen LogP contribution < -0.4 is 0 Å². The molecule has 0 saturated heterocycles. The minimum absolute atomic E-state index is 0.0122. The SMILES string of the molecule is CCC(C)(C)C(=O)OC(CC(C)(C)C)OCCCc1c(-c2ccccc2)cccc1-c1ccccc1. The molecule has 3 rings (SSSR count). The third kappa shape index (κ3) is 7.80. The molecule has 0 aromatic heterocycles. The maximum absolute atomic E-state index is 12.7. The Balaban J connectivity index is 1.78. The first-order valence-corrected chi connectivity index (χ1v) is 13.2. The van der Waals surface area contributed by atoms with Gasteiger partial charge in [0.15, 0.2) is 0 Å². The Morgan fingerprint density at radius 3 is 1.78 bits per heavy atom. The molecule has 3 nitrogen and oxygen atoms in total. The second kappa shape index (κ2) is 12.4. The number of benzene rings is 3. The van der Waals surface area contributed by atoms with Crippen LogP contribution in [-0.2, 0) is 20.7 Å². The van der Waals surface area contributed by atoms with Crippen LogP contribution in [0, 0.1) is 10.8 Å². The second-order valence-corrected chi connectivity index (χ2v) is 11.4. The highest BCUT2D eigenvalue weighted by Gasteiger charge is 2.31. The van der Waals surface area contributed by atoms with E-state index in [1.165, 1.54) is 27.8 Å². The molecule has 3 aromatic carbocycles. The molecule has 0 aliphatic rings. The summed E-state index contributed by atoms with van der Waals surface area (Å²) in [5.74, 6) is -0.194. The van der Waals surface area contributed by atoms with E-state index < -0.39 is 11.7 Å². The highest BCUT2D eigenvalue weighted by atomic mass is 16.7. The molecule has 1 unspecified atom stereocenters. The number of rotatable bonds is 11. The fourth-order valence-corrected chi connectivity index (χ4v) is 4.15. The first-order chi connectivity index (χ1) is 17.1. The minimum atomic E-state index is -0.540. The highest BCUT2D eigenvalue weighted by Crippen LogP contribution is 2.34. The minimum Gasteiger partial charge on any atom is -0.435 e. The number of ether oxygens (including phenoxy) is 2. The van der Waals surface area contributed by atoms with Gasteiger partial charge in [0.1, 0.15) is 0 Å². The van der Waals surface area contributed by atoms with E-state index >= 15 is 0 Å². The maximum Gasteiger partial charge on any atom is 0.313 e. The molecule has 36 heavy (non-hydrogen) atoms. The molecule has 192 valence electrons. The number of esters is 1. The largest absolute Gasteiger partial charge is 0.435 e. The Labute approximate surface area is 217 Å². The van der Waals surface area contributed by atoms with Crippen LogP contribution in [0.4, 0.5) is 0 Å². The van der Waals surface area contributed by atoms with Crippen LogP contribution in [0.1, 0.15) is 66.4 Å². The lowest BCUT2D eigenvalue weighted by molar-refractivity contribution is -0.194. The quantitative estimate of drug-likeness (QED) is 0.154. The standard InChI is InChI=1S/C33H42O3/c1-7-33(5,6)31(34)36-30(24-32(2,3)4)35-23-15-22-29-27(25-16-10-8-11-17-25)20-14-21-28(29)26-18-12-9-13-19-26/h8-14,16-21,30H,7,15,22-24H2,1-6H3. The van der Waals surface area contributed by atoms with Crippen molar-refractivity contribution in [2.24, 2.45) is 10.8 Å². The average Bonchev–Trinajstić information content (AvgIpc) is 2.86. The Hall–Kier alpha value is -2.91. The van der Waals surface area contributed by atoms with Crippen molar-refractivity contribution in [2.75, 3.05) is 6.61 Å². The van der Waals surface area contributed by atoms with Gasteiger partial charge in [0.2, 0.25) is 6.29 Å². The van der Waals surface area contributed by atoms with Crippen molar-refractivity contribution < 1.29 is 14.3 Å². The van der Waals surface area contributed by atoms with E-state index in [1.54, 1.807) is 0 Å². The fraction of sp³-hybridized carbons (Fsp3) is 0.424. The molecule has 3 heteroatoms. The van der Waals surface area contributed by atoms with Gasteiger partial charge >= 0.3 is 5.97 Å². The Bertz CT molecular complexity index is 1040. The van der Waals surface area contributed by atoms with Crippen molar-refractivity contribution >= 4 is 5.97 Å². The number of carbonyl (C=O) groups is 1. The van der Waals surface area contributed by atoms with Crippen LogP contribution in [0.5, 0.6) is 0 Å². The summed E-state index contributed by atoms with van der Waals surface area (Å²) in [5, 5.41) is 0. The summed E-state index contributed by atoms with van der Waals surface area (Å²) >= 11 is 0. The lowest BCUT2D eigenvalue weighted by Crippen LogP contribution is -2.33. The second-order valence-electron chi connectivity index (χ2n) is 11.4. The van der Waals surface area contributed by atoms with E-state index in [0.717, 1.165) is 19.3 Å². The van der Waals surface area contributed by atoms with E-state index in [4.69, 9.17) is 9.47 Å². The van der Waals surface area contributed by atoms with Gasteiger partial charge in [-0.25, -0.2) is 0 Å². The summed E-state index contributed by atoms with van der Waals surface area (Å²) < 4.78 is 12.1. The third-order valence-electron chi connectivity index (χ3n) is 6.67. The van der Waals surface area contributed by atoms with E-state index in [2.05, 4.69) is 99.6 Å². The summed E-state index contributed by atoms with van der Waals surface area (Å²) in [6, 6.07) is 27.6. The molecule has 0 heterocycles. The average molecular weight is 487 g/mol. The fourth-order valence-electron chi connectivity index (χ4n) is 4.15. The highest BCUT2D eigenvalue weighted by molar-refractivity contribution is 5.78. The molecule has 0 radical (unpaired) electrons. The van der Waals surface area contributed by atoms with Crippen LogP contribution in [0.25, 0.3) is 22.3 Å². The molecular formula is C33H42O3. The zero-order chi connectivity index (χ0) is 26.2. The summed E-state index contributed by atoms with van der Waals surface area (Å²) in [5.41, 5.74) is 5.72. The molecule has 0 N–H and O–H groups in total. The molecular weight excluding hydrogens is 444 g/mol. The summed E-state index contributed by atoms with van der Waals surface area (Å²) in [6.07, 6.45) is 2.55. The maximum atomic E-state index is 12.7. The third-order valence-corrected chi connectivity index (χ3v) is 6.67. The van der Waals surface area contributed by atoms with Crippen molar-refractivity contribution in [3.05, 3.63) is 84.4 Å². The smallest absolute Gasteiger partial charge is 0.313 e. The number of hydrogen-bond donors (Lipinski definition) is 0. The number of hydrogen-bond acceptors (Lipinski definition) is 3. The van der Waals surface area contributed by atoms with Crippen LogP contribution in [-0.4, -0.2) is 18.9 Å². The zero-order valence-corrected chi connectivity index (χ0v) is 22.8. The molecule has 0 aliphatic carbocycles. The Morgan fingerprint density at radius 2 is 1.31 bits per heavy atom. The van der Waals surface area contributed by atoms with Gasteiger partial charge in [-0.15, -0.1) is 0 Å². The normalized spacial score (nSPS) is 12.8. The molecule has 0 amide bonds. The predicted octanol–water partition coefficient (Wildman–Crippen LogP) is 8.71. The first-order valence-electron chi connectivity index (χ1n) is 13.2. The van der Waals surface area contributed by atoms with Crippen molar-refractivity contribution in [1.29, 1.82) is 0 Å². The van der Waals surface area contributed by atoms with Gasteiger partial charge in [0.05, 0.1) is 12.0 Å². The van der Waals surface area contributed by atoms with Crippen molar-refractivity contribution in [3.8, 4) is 22.3 Å². The van der Waals surface area contributed by atoms with Crippen LogP contribution in [0.2, 0.25) is 0 Å². The van der Waals surface area contributed by atoms with E-state index in [0.29, 0.717) is 13.0 Å². The molecule has 0 spiro atoms. The van der Waals surface area contributed by atoms with Gasteiger partial charge in [-0.2, -0.15) is 0 Å². The van der Waals surface area contributed by atoms with Gasteiger partial charge in [-0.3, -0.25) is 4.79 Å². The summed E-state index contributed by atoms with van der Waals surface area (Å²) in [4.78, 5) is 12.7. The van der Waals surface area contributed by atoms with E-state index in [-0.39, 0.29) is 11.4 Å². The van der Waals surface area contributed by atoms with Crippen molar-refractivity contribution in [2.45, 2.75) is 73.5 Å². The van der Waals surface area contributed by atoms with Gasteiger partial charge < -0.3 is 9.47 Å². The van der Waals surface area contributed by atoms with Gasteiger partial charge in [0.25, 0.3) is 0 Å². The van der Waals surface area contributed by atoms with Gasteiger partial charge in [-0.05, 0) is 66.3 Å². The van der Waals surface area contributed by atoms with Gasteiger partial charge in [-0.1, -0.05) is 107 Å². The van der Waals surface area contributed by atoms with Crippen molar-refractivity contribution in [1.82, 2.24) is 0 Å². The monoisotopic (exact) mass is 486 g/mol. The number of carbonyl (C=O) groups excluding carboxylic acids is 1. The van der Waals surface area contributed by atoms with Crippen LogP contribution in [0.15, 0.2) is 78.9 Å². The van der Waals surface area contributed by atoms with E-state index in [9.17, 15) is 4.79 Å². The molecule has 1 atom stereocenters. The first kappa shape index (κ1) is 27.7. The molecule has 0 aliphatic heterocycles.